The third kappa shape index (κ3) is 4.53. The number of hydrogen-bond acceptors (Lipinski definition) is 6. The van der Waals surface area contributed by atoms with E-state index in [4.69, 9.17) is 0 Å². The van der Waals surface area contributed by atoms with E-state index in [1.165, 1.54) is 16.4 Å². The molecule has 1 saturated heterocycles. The second-order valence-corrected chi connectivity index (χ2v) is 7.66. The molecule has 1 amide bonds. The molecular weight excluding hydrogens is 348 g/mol. The van der Waals surface area contributed by atoms with Crippen molar-refractivity contribution in [3.63, 3.8) is 0 Å². The van der Waals surface area contributed by atoms with E-state index in [0.29, 0.717) is 25.9 Å². The Labute approximate surface area is 146 Å². The lowest BCUT2D eigenvalue weighted by Gasteiger charge is -2.33. The molecular formula is C15H22N4O5S. The van der Waals surface area contributed by atoms with Crippen LogP contribution in [-0.4, -0.2) is 56.3 Å². The standard InChI is InChI=1S/C15H22N4O5S/c1-16-9-10-17-15(20)14-4-2-3-11-18(14)25(23,24)13-7-5-12(6-8-13)19(21)22/h5-8,14,16H,2-4,9-11H2,1H3,(H,17,20). The molecule has 1 unspecified atom stereocenters. The minimum Gasteiger partial charge on any atom is -0.353 e. The number of non-ortho nitro benzene ring substituents is 1. The second kappa shape index (κ2) is 8.37. The van der Waals surface area contributed by atoms with Gasteiger partial charge in [-0.25, -0.2) is 8.42 Å². The molecule has 1 heterocycles. The lowest BCUT2D eigenvalue weighted by Crippen LogP contribution is -2.52. The number of nitro groups is 1. The number of carbonyl (C=O) groups excluding carboxylic acids is 1. The first-order chi connectivity index (χ1) is 11.9. The van der Waals surface area contributed by atoms with E-state index in [-0.39, 0.29) is 23.0 Å². The number of nitro benzene ring substituents is 1. The predicted molar refractivity (Wildman–Crippen MR) is 91.6 cm³/mol. The highest BCUT2D eigenvalue weighted by Crippen LogP contribution is 2.26. The van der Waals surface area contributed by atoms with Crippen molar-refractivity contribution >= 4 is 21.6 Å². The van der Waals surface area contributed by atoms with Gasteiger partial charge in [-0.3, -0.25) is 14.9 Å². The van der Waals surface area contributed by atoms with Gasteiger partial charge in [0.25, 0.3) is 5.69 Å². The van der Waals surface area contributed by atoms with Gasteiger partial charge in [-0.05, 0) is 32.0 Å². The zero-order valence-electron chi connectivity index (χ0n) is 14.0. The molecule has 25 heavy (non-hydrogen) atoms. The second-order valence-electron chi connectivity index (χ2n) is 5.77. The van der Waals surface area contributed by atoms with Gasteiger partial charge in [-0.15, -0.1) is 0 Å². The Kier molecular flexibility index (Phi) is 6.45. The van der Waals surface area contributed by atoms with E-state index >= 15 is 0 Å². The van der Waals surface area contributed by atoms with Crippen LogP contribution in [0.3, 0.4) is 0 Å². The summed E-state index contributed by atoms with van der Waals surface area (Å²) in [5.74, 6) is -0.319. The molecule has 2 rings (SSSR count). The molecule has 2 N–H and O–H groups in total. The molecule has 138 valence electrons. The molecule has 1 aromatic carbocycles. The molecule has 10 heteroatoms. The van der Waals surface area contributed by atoms with Crippen molar-refractivity contribution in [3.8, 4) is 0 Å². The van der Waals surface area contributed by atoms with Crippen LogP contribution in [0.1, 0.15) is 19.3 Å². The summed E-state index contributed by atoms with van der Waals surface area (Å²) >= 11 is 0. The average molecular weight is 370 g/mol. The molecule has 1 aliphatic heterocycles. The summed E-state index contributed by atoms with van der Waals surface area (Å²) in [4.78, 5) is 22.5. The quantitative estimate of drug-likeness (QED) is 0.409. The van der Waals surface area contributed by atoms with E-state index in [1.807, 2.05) is 0 Å². The van der Waals surface area contributed by atoms with Crippen LogP contribution >= 0.6 is 0 Å². The number of nitrogens with one attached hydrogen (secondary N) is 2. The molecule has 9 nitrogen and oxygen atoms in total. The maximum absolute atomic E-state index is 12.9. The number of sulfonamides is 1. The van der Waals surface area contributed by atoms with Gasteiger partial charge in [0.2, 0.25) is 15.9 Å². The van der Waals surface area contributed by atoms with Crippen LogP contribution in [0.25, 0.3) is 0 Å². The third-order valence-corrected chi connectivity index (χ3v) is 6.01. The van der Waals surface area contributed by atoms with E-state index in [0.717, 1.165) is 18.6 Å². The number of piperidine rings is 1. The summed E-state index contributed by atoms with van der Waals surface area (Å²) in [7, 11) is -2.13. The van der Waals surface area contributed by atoms with Crippen LogP contribution < -0.4 is 10.6 Å². The van der Waals surface area contributed by atoms with Crippen LogP contribution in [0.4, 0.5) is 5.69 Å². The Bertz CT molecular complexity index is 720. The zero-order chi connectivity index (χ0) is 18.4. The Morgan fingerprint density at radius 2 is 1.96 bits per heavy atom. The van der Waals surface area contributed by atoms with Crippen LogP contribution in [-0.2, 0) is 14.8 Å². The first kappa shape index (κ1) is 19.3. The van der Waals surface area contributed by atoms with Gasteiger partial charge in [0.15, 0.2) is 0 Å². The summed E-state index contributed by atoms with van der Waals surface area (Å²) in [5.41, 5.74) is -0.182. The summed E-state index contributed by atoms with van der Waals surface area (Å²) in [6.45, 7) is 1.26. The zero-order valence-corrected chi connectivity index (χ0v) is 14.8. The number of likely N-dealkylation sites (N-methyl/N-ethyl adjacent to an activating group) is 1. The third-order valence-electron chi connectivity index (χ3n) is 4.08. The molecule has 0 bridgehead atoms. The highest BCUT2D eigenvalue weighted by Gasteiger charge is 2.37. The number of hydrogen-bond donors (Lipinski definition) is 2. The van der Waals surface area contributed by atoms with Gasteiger partial charge >= 0.3 is 0 Å². The van der Waals surface area contributed by atoms with Crippen LogP contribution in [0.2, 0.25) is 0 Å². The number of nitrogens with zero attached hydrogens (tertiary/aromatic N) is 2. The first-order valence-corrected chi connectivity index (χ1v) is 9.50. The van der Waals surface area contributed by atoms with Gasteiger partial charge in [0.05, 0.1) is 9.82 Å². The van der Waals surface area contributed by atoms with Crippen LogP contribution in [0, 0.1) is 10.1 Å². The predicted octanol–water partition coefficient (Wildman–Crippen LogP) is 0.474. The molecule has 0 aromatic heterocycles. The number of rotatable bonds is 7. The highest BCUT2D eigenvalue weighted by atomic mass is 32.2. The molecule has 1 atom stereocenters. The summed E-state index contributed by atoms with van der Waals surface area (Å²) in [6.07, 6.45) is 1.90. The Balaban J connectivity index is 2.22. The van der Waals surface area contributed by atoms with Gasteiger partial charge in [-0.2, -0.15) is 4.31 Å². The summed E-state index contributed by atoms with van der Waals surface area (Å²) < 4.78 is 27.0. The van der Waals surface area contributed by atoms with Crippen LogP contribution in [0.5, 0.6) is 0 Å². The van der Waals surface area contributed by atoms with E-state index < -0.39 is 21.0 Å². The first-order valence-electron chi connectivity index (χ1n) is 8.06. The Morgan fingerprint density at radius 3 is 2.56 bits per heavy atom. The Hall–Kier alpha value is -2.04. The fourth-order valence-corrected chi connectivity index (χ4v) is 4.41. The number of carbonyl (C=O) groups is 1. The summed E-state index contributed by atoms with van der Waals surface area (Å²) in [5, 5.41) is 16.4. The molecule has 1 fully saturated rings. The van der Waals surface area contributed by atoms with Crippen molar-refractivity contribution in [1.29, 1.82) is 0 Å². The van der Waals surface area contributed by atoms with Crippen molar-refractivity contribution in [1.82, 2.24) is 14.9 Å². The maximum Gasteiger partial charge on any atom is 0.269 e. The highest BCUT2D eigenvalue weighted by molar-refractivity contribution is 7.89. The smallest absolute Gasteiger partial charge is 0.269 e. The molecule has 0 aliphatic carbocycles. The number of benzene rings is 1. The van der Waals surface area contributed by atoms with E-state index in [1.54, 1.807) is 7.05 Å². The SMILES string of the molecule is CNCCNC(=O)C1CCCCN1S(=O)(=O)c1ccc([N+](=O)[O-])cc1. The van der Waals surface area contributed by atoms with Crippen molar-refractivity contribution < 1.29 is 18.1 Å². The number of amides is 1. The fraction of sp³-hybridized carbons (Fsp3) is 0.533. The minimum atomic E-state index is -3.90. The van der Waals surface area contributed by atoms with Gasteiger partial charge < -0.3 is 10.6 Å². The lowest BCUT2D eigenvalue weighted by molar-refractivity contribution is -0.384. The van der Waals surface area contributed by atoms with E-state index in [9.17, 15) is 23.3 Å². The van der Waals surface area contributed by atoms with Gasteiger partial charge in [-0.1, -0.05) is 6.42 Å². The lowest BCUT2D eigenvalue weighted by atomic mass is 10.0. The fourth-order valence-electron chi connectivity index (χ4n) is 2.76. The van der Waals surface area contributed by atoms with Gasteiger partial charge in [0.1, 0.15) is 6.04 Å². The maximum atomic E-state index is 12.9. The molecule has 1 aliphatic rings. The normalized spacial score (nSPS) is 18.7. The monoisotopic (exact) mass is 370 g/mol. The minimum absolute atomic E-state index is 0.0481. The van der Waals surface area contributed by atoms with Crippen molar-refractivity contribution in [2.24, 2.45) is 0 Å². The molecule has 0 radical (unpaired) electrons. The summed E-state index contributed by atoms with van der Waals surface area (Å²) in [6, 6.07) is 3.96. The van der Waals surface area contributed by atoms with Crippen LogP contribution in [0.15, 0.2) is 29.2 Å². The Morgan fingerprint density at radius 1 is 1.28 bits per heavy atom. The van der Waals surface area contributed by atoms with Crippen molar-refractivity contribution in [3.05, 3.63) is 34.4 Å². The molecule has 0 saturated carbocycles. The van der Waals surface area contributed by atoms with Gasteiger partial charge in [0, 0.05) is 31.8 Å². The largest absolute Gasteiger partial charge is 0.353 e. The topological polar surface area (TPSA) is 122 Å². The average Bonchev–Trinajstić information content (AvgIpc) is 2.62. The van der Waals surface area contributed by atoms with E-state index in [2.05, 4.69) is 10.6 Å². The van der Waals surface area contributed by atoms with Crippen molar-refractivity contribution in [2.75, 3.05) is 26.7 Å². The molecule has 0 spiro atoms. The molecule has 1 aromatic rings. The van der Waals surface area contributed by atoms with Crippen molar-refractivity contribution in [2.45, 2.75) is 30.2 Å².